The first kappa shape index (κ1) is 9.79. The van der Waals surface area contributed by atoms with Crippen molar-refractivity contribution in [3.8, 4) is 11.8 Å². The Labute approximate surface area is 77.8 Å². The monoisotopic (exact) mass is 176 g/mol. The molecule has 13 heavy (non-hydrogen) atoms. The average molecular weight is 176 g/mol. The highest BCUT2D eigenvalue weighted by molar-refractivity contribution is 5.25. The molecule has 0 aromatic heterocycles. The van der Waals surface area contributed by atoms with Crippen LogP contribution in [-0.2, 0) is 0 Å². The first-order valence-corrected chi connectivity index (χ1v) is 4.12. The van der Waals surface area contributed by atoms with Crippen molar-refractivity contribution in [1.29, 1.82) is 0 Å². The van der Waals surface area contributed by atoms with Crippen molar-refractivity contribution in [3.05, 3.63) is 35.9 Å². The molecule has 2 N–H and O–H groups in total. The largest absolute Gasteiger partial charge is 0.381 e. The maximum Gasteiger partial charge on any atom is 0.140 e. The number of aliphatic hydroxyl groups is 2. The molecule has 68 valence electrons. The van der Waals surface area contributed by atoms with Gasteiger partial charge in [-0.05, 0) is 12.5 Å². The van der Waals surface area contributed by atoms with Crippen molar-refractivity contribution in [2.75, 3.05) is 0 Å². The number of hydrogen-bond acceptors (Lipinski definition) is 2. The Hall–Kier alpha value is -1.30. The van der Waals surface area contributed by atoms with Gasteiger partial charge >= 0.3 is 0 Å². The molecule has 0 fully saturated rings. The first-order valence-electron chi connectivity index (χ1n) is 4.12. The Morgan fingerprint density at radius 1 is 1.08 bits per heavy atom. The zero-order valence-electron chi connectivity index (χ0n) is 7.44. The molecule has 1 aromatic carbocycles. The normalized spacial score (nSPS) is 14.1. The van der Waals surface area contributed by atoms with Crippen LogP contribution in [0.1, 0.15) is 18.6 Å². The molecule has 2 atom stereocenters. The van der Waals surface area contributed by atoms with Gasteiger partial charge in [0.1, 0.15) is 12.2 Å². The molecule has 0 saturated heterocycles. The predicted molar refractivity (Wildman–Crippen MR) is 50.9 cm³/mol. The number of aliphatic hydroxyl groups excluding tert-OH is 2. The van der Waals surface area contributed by atoms with Gasteiger partial charge in [-0.1, -0.05) is 42.2 Å². The lowest BCUT2D eigenvalue weighted by Gasteiger charge is -2.02. The van der Waals surface area contributed by atoms with Crippen LogP contribution in [0.3, 0.4) is 0 Å². The summed E-state index contributed by atoms with van der Waals surface area (Å²) in [7, 11) is 0. The molecule has 0 heterocycles. The van der Waals surface area contributed by atoms with E-state index < -0.39 is 12.2 Å². The number of rotatable bonds is 1. The zero-order chi connectivity index (χ0) is 9.68. The Balaban J connectivity index is 2.71. The Bertz CT molecular complexity index is 306. The average Bonchev–Trinajstić information content (AvgIpc) is 2.15. The third-order valence-corrected chi connectivity index (χ3v) is 1.54. The van der Waals surface area contributed by atoms with Crippen LogP contribution < -0.4 is 0 Å². The van der Waals surface area contributed by atoms with Crippen LogP contribution in [0.15, 0.2) is 30.3 Å². The Morgan fingerprint density at radius 3 is 2.23 bits per heavy atom. The predicted octanol–water partition coefficient (Wildman–Crippen LogP) is 1.10. The number of benzene rings is 1. The first-order chi connectivity index (χ1) is 6.20. The summed E-state index contributed by atoms with van der Waals surface area (Å²) in [5.74, 6) is 5.05. The van der Waals surface area contributed by atoms with Crippen LogP contribution >= 0.6 is 0 Å². The van der Waals surface area contributed by atoms with E-state index in [2.05, 4.69) is 11.8 Å². The topological polar surface area (TPSA) is 40.5 Å². The van der Waals surface area contributed by atoms with Gasteiger partial charge in [0.15, 0.2) is 0 Å². The fourth-order valence-corrected chi connectivity index (χ4v) is 0.918. The maximum atomic E-state index is 9.48. The van der Waals surface area contributed by atoms with E-state index in [1.54, 1.807) is 19.1 Å². The van der Waals surface area contributed by atoms with Crippen LogP contribution in [0, 0.1) is 11.8 Å². The van der Waals surface area contributed by atoms with Gasteiger partial charge < -0.3 is 10.2 Å². The molecule has 0 aliphatic rings. The smallest absolute Gasteiger partial charge is 0.140 e. The van der Waals surface area contributed by atoms with Gasteiger partial charge in [-0.25, -0.2) is 0 Å². The molecule has 0 aliphatic carbocycles. The molecule has 1 aromatic rings. The summed E-state index contributed by atoms with van der Waals surface area (Å²) in [5, 5.41) is 18.3. The Kier molecular flexibility index (Phi) is 3.51. The van der Waals surface area contributed by atoms with Crippen LogP contribution in [0.25, 0.3) is 0 Å². The second-order valence-corrected chi connectivity index (χ2v) is 2.78. The summed E-state index contributed by atoms with van der Waals surface area (Å²) < 4.78 is 0. The van der Waals surface area contributed by atoms with Gasteiger partial charge in [0, 0.05) is 0 Å². The van der Waals surface area contributed by atoms with Gasteiger partial charge in [-0.15, -0.1) is 0 Å². The Morgan fingerprint density at radius 2 is 1.69 bits per heavy atom. The van der Waals surface area contributed by atoms with E-state index in [0.29, 0.717) is 0 Å². The van der Waals surface area contributed by atoms with Crippen LogP contribution in [0.4, 0.5) is 0 Å². The lowest BCUT2D eigenvalue weighted by atomic mass is 10.1. The molecule has 1 rings (SSSR count). The van der Waals surface area contributed by atoms with Crippen molar-refractivity contribution >= 4 is 0 Å². The van der Waals surface area contributed by atoms with Gasteiger partial charge in [0.05, 0.1) is 0 Å². The van der Waals surface area contributed by atoms with Crippen LogP contribution in [-0.4, -0.2) is 16.3 Å². The summed E-state index contributed by atoms with van der Waals surface area (Å²) in [6.07, 6.45) is -1.51. The highest BCUT2D eigenvalue weighted by atomic mass is 16.3. The molecular formula is C11H12O2. The van der Waals surface area contributed by atoms with E-state index in [0.717, 1.165) is 5.56 Å². The van der Waals surface area contributed by atoms with E-state index >= 15 is 0 Å². The molecule has 0 radical (unpaired) electrons. The molecule has 0 amide bonds. The third kappa shape index (κ3) is 3.29. The van der Waals surface area contributed by atoms with Crippen molar-refractivity contribution in [3.63, 3.8) is 0 Å². The molecule has 2 nitrogen and oxygen atoms in total. The molecular weight excluding hydrogens is 164 g/mol. The van der Waals surface area contributed by atoms with Crippen LogP contribution in [0.2, 0.25) is 0 Å². The van der Waals surface area contributed by atoms with Gasteiger partial charge in [0.25, 0.3) is 0 Å². The van der Waals surface area contributed by atoms with E-state index in [4.69, 9.17) is 5.11 Å². The number of hydrogen-bond donors (Lipinski definition) is 2. The highest BCUT2D eigenvalue weighted by Crippen LogP contribution is 2.09. The molecule has 0 saturated carbocycles. The molecule has 2 unspecified atom stereocenters. The summed E-state index contributed by atoms with van der Waals surface area (Å²) in [4.78, 5) is 0. The SMILES string of the molecule is CC(O)C#CC(O)c1ccccc1. The lowest BCUT2D eigenvalue weighted by molar-refractivity contribution is 0.233. The van der Waals surface area contributed by atoms with Crippen LogP contribution in [0.5, 0.6) is 0 Å². The quantitative estimate of drug-likeness (QED) is 0.629. The highest BCUT2D eigenvalue weighted by Gasteiger charge is 2.00. The third-order valence-electron chi connectivity index (χ3n) is 1.54. The summed E-state index contributed by atoms with van der Waals surface area (Å²) in [6, 6.07) is 9.13. The summed E-state index contributed by atoms with van der Waals surface area (Å²) in [5.41, 5.74) is 0.746. The van der Waals surface area contributed by atoms with Crippen molar-refractivity contribution in [1.82, 2.24) is 0 Å². The van der Waals surface area contributed by atoms with E-state index in [9.17, 15) is 5.11 Å². The van der Waals surface area contributed by atoms with Gasteiger partial charge in [0.2, 0.25) is 0 Å². The van der Waals surface area contributed by atoms with Crippen molar-refractivity contribution in [2.45, 2.75) is 19.1 Å². The fraction of sp³-hybridized carbons (Fsp3) is 0.273. The zero-order valence-corrected chi connectivity index (χ0v) is 7.44. The maximum absolute atomic E-state index is 9.48. The summed E-state index contributed by atoms with van der Waals surface area (Å²) >= 11 is 0. The second kappa shape index (κ2) is 4.66. The molecule has 2 heteroatoms. The van der Waals surface area contributed by atoms with E-state index in [-0.39, 0.29) is 0 Å². The molecule has 0 spiro atoms. The minimum atomic E-state index is -0.809. The van der Waals surface area contributed by atoms with Gasteiger partial charge in [-0.3, -0.25) is 0 Å². The van der Waals surface area contributed by atoms with E-state index in [1.807, 2.05) is 18.2 Å². The molecule has 0 bridgehead atoms. The second-order valence-electron chi connectivity index (χ2n) is 2.78. The minimum absolute atomic E-state index is 0.696. The van der Waals surface area contributed by atoms with Crippen molar-refractivity contribution in [2.24, 2.45) is 0 Å². The van der Waals surface area contributed by atoms with Gasteiger partial charge in [-0.2, -0.15) is 0 Å². The standard InChI is InChI=1S/C11H12O2/c1-9(12)7-8-11(13)10-5-3-2-4-6-10/h2-6,9,11-13H,1H3. The molecule has 0 aliphatic heterocycles. The van der Waals surface area contributed by atoms with Crippen molar-refractivity contribution < 1.29 is 10.2 Å². The lowest BCUT2D eigenvalue weighted by Crippen LogP contribution is -1.97. The summed E-state index contributed by atoms with van der Waals surface area (Å²) in [6.45, 7) is 1.56. The van der Waals surface area contributed by atoms with E-state index in [1.165, 1.54) is 0 Å². The minimum Gasteiger partial charge on any atom is -0.381 e. The fourth-order valence-electron chi connectivity index (χ4n) is 0.918.